The number of allylic oxidation sites excluding steroid dienone is 1. The lowest BCUT2D eigenvalue weighted by Crippen LogP contribution is -2.43. The van der Waals surface area contributed by atoms with Gasteiger partial charge in [-0.3, -0.25) is 0 Å². The van der Waals surface area contributed by atoms with Crippen LogP contribution in [0.1, 0.15) is 47.0 Å². The van der Waals surface area contributed by atoms with Gasteiger partial charge in [-0.25, -0.2) is 0 Å². The molecule has 4 unspecified atom stereocenters. The van der Waals surface area contributed by atoms with Crippen molar-refractivity contribution in [1.29, 1.82) is 0 Å². The predicted octanol–water partition coefficient (Wildman–Crippen LogP) is 4.34. The first-order valence-corrected chi connectivity index (χ1v) is 9.18. The van der Waals surface area contributed by atoms with Crippen molar-refractivity contribution in [2.24, 2.45) is 0 Å². The lowest BCUT2D eigenvalue weighted by atomic mass is 10.0. The zero-order chi connectivity index (χ0) is 13.5. The largest absolute Gasteiger partial charge is 0.313 e. The van der Waals surface area contributed by atoms with E-state index in [9.17, 15) is 0 Å². The third kappa shape index (κ3) is 5.58. The highest BCUT2D eigenvalue weighted by Gasteiger charge is 2.30. The monoisotopic (exact) mass is 287 g/mol. The van der Waals surface area contributed by atoms with Crippen molar-refractivity contribution in [3.8, 4) is 0 Å². The molecule has 0 aromatic rings. The van der Waals surface area contributed by atoms with Crippen LogP contribution in [0.15, 0.2) is 12.2 Å². The van der Waals surface area contributed by atoms with Crippen LogP contribution < -0.4 is 5.32 Å². The summed E-state index contributed by atoms with van der Waals surface area (Å²) >= 11 is 4.34. The number of thioether (sulfide) groups is 2. The Morgan fingerprint density at radius 1 is 1.39 bits per heavy atom. The van der Waals surface area contributed by atoms with E-state index in [2.05, 4.69) is 63.1 Å². The Kier molecular flexibility index (Phi) is 7.81. The fourth-order valence-corrected chi connectivity index (χ4v) is 5.34. The van der Waals surface area contributed by atoms with Crippen LogP contribution in [0.25, 0.3) is 0 Å². The van der Waals surface area contributed by atoms with E-state index in [1.807, 2.05) is 0 Å². The molecule has 4 atom stereocenters. The minimum Gasteiger partial charge on any atom is -0.313 e. The fourth-order valence-electron chi connectivity index (χ4n) is 2.17. The molecule has 0 aromatic heterocycles. The minimum atomic E-state index is 0.661. The maximum Gasteiger partial charge on any atom is 0.0295 e. The highest BCUT2D eigenvalue weighted by Crippen LogP contribution is 2.37. The second-order valence-electron chi connectivity index (χ2n) is 5.47. The summed E-state index contributed by atoms with van der Waals surface area (Å²) in [6.45, 7) is 14.3. The molecule has 1 fully saturated rings. The second-order valence-corrected chi connectivity index (χ2v) is 8.51. The molecule has 0 aliphatic carbocycles. The van der Waals surface area contributed by atoms with Crippen molar-refractivity contribution in [3.63, 3.8) is 0 Å². The first-order chi connectivity index (χ1) is 8.54. The van der Waals surface area contributed by atoms with Gasteiger partial charge in [-0.15, -0.1) is 6.58 Å². The van der Waals surface area contributed by atoms with Crippen molar-refractivity contribution < 1.29 is 0 Å². The van der Waals surface area contributed by atoms with Crippen molar-refractivity contribution in [2.45, 2.75) is 68.7 Å². The normalized spacial score (nSPS) is 30.1. The number of rotatable bonds is 7. The summed E-state index contributed by atoms with van der Waals surface area (Å²) in [6.07, 6.45) is 3.63. The van der Waals surface area contributed by atoms with Gasteiger partial charge in [0.2, 0.25) is 0 Å². The average molecular weight is 288 g/mol. The first kappa shape index (κ1) is 16.5. The van der Waals surface area contributed by atoms with Crippen molar-refractivity contribution in [3.05, 3.63) is 12.2 Å². The molecule has 0 bridgehead atoms. The molecule has 1 aliphatic heterocycles. The van der Waals surface area contributed by atoms with Gasteiger partial charge in [0.1, 0.15) is 0 Å². The quantitative estimate of drug-likeness (QED) is 0.700. The van der Waals surface area contributed by atoms with Gasteiger partial charge < -0.3 is 5.32 Å². The smallest absolute Gasteiger partial charge is 0.0295 e. The summed E-state index contributed by atoms with van der Waals surface area (Å²) in [5.74, 6) is 1.30. The van der Waals surface area contributed by atoms with Gasteiger partial charge in [0.05, 0.1) is 0 Å². The Hall–Kier alpha value is 0.400. The Bertz CT molecular complexity index is 255. The molecule has 0 radical (unpaired) electrons. The van der Waals surface area contributed by atoms with E-state index < -0.39 is 0 Å². The highest BCUT2D eigenvalue weighted by molar-refractivity contribution is 8.07. The van der Waals surface area contributed by atoms with E-state index in [-0.39, 0.29) is 0 Å². The third-order valence-corrected chi connectivity index (χ3v) is 7.11. The zero-order valence-electron chi connectivity index (χ0n) is 12.4. The minimum absolute atomic E-state index is 0.661. The molecule has 0 saturated carbocycles. The summed E-state index contributed by atoms with van der Waals surface area (Å²) in [4.78, 5) is 0. The molecule has 1 saturated heterocycles. The number of hydrogen-bond donors (Lipinski definition) is 1. The Morgan fingerprint density at radius 3 is 2.67 bits per heavy atom. The van der Waals surface area contributed by atoms with E-state index in [0.717, 1.165) is 28.7 Å². The molecule has 1 heterocycles. The van der Waals surface area contributed by atoms with Crippen LogP contribution >= 0.6 is 23.5 Å². The fraction of sp³-hybridized carbons (Fsp3) is 0.867. The summed E-state index contributed by atoms with van der Waals surface area (Å²) < 4.78 is 0. The maximum absolute atomic E-state index is 4.04. The molecule has 1 N–H and O–H groups in total. The Labute approximate surface area is 122 Å². The molecule has 3 heteroatoms. The molecule has 1 rings (SSSR count). The van der Waals surface area contributed by atoms with Crippen molar-refractivity contribution in [2.75, 3.05) is 12.3 Å². The summed E-state index contributed by atoms with van der Waals surface area (Å²) in [7, 11) is 0. The molecule has 0 spiro atoms. The van der Waals surface area contributed by atoms with E-state index in [4.69, 9.17) is 0 Å². The van der Waals surface area contributed by atoms with E-state index in [1.54, 1.807) is 0 Å². The lowest BCUT2D eigenvalue weighted by Gasteiger charge is -2.36. The van der Waals surface area contributed by atoms with Gasteiger partial charge in [0.25, 0.3) is 0 Å². The van der Waals surface area contributed by atoms with Crippen molar-refractivity contribution >= 4 is 23.5 Å². The van der Waals surface area contributed by atoms with Crippen LogP contribution in [0.4, 0.5) is 0 Å². The maximum atomic E-state index is 4.04. The lowest BCUT2D eigenvalue weighted by molar-refractivity contribution is 0.476. The highest BCUT2D eigenvalue weighted by atomic mass is 32.2. The molecule has 1 nitrogen and oxygen atoms in total. The SMILES string of the molecule is C=C(C)CCC(NCCC)C1CSC(C)C(C)S1. The average Bonchev–Trinajstić information content (AvgIpc) is 2.33. The first-order valence-electron chi connectivity index (χ1n) is 7.19. The van der Waals surface area contributed by atoms with Crippen LogP contribution in [0.5, 0.6) is 0 Å². The van der Waals surface area contributed by atoms with Gasteiger partial charge in [0.15, 0.2) is 0 Å². The van der Waals surface area contributed by atoms with Crippen molar-refractivity contribution in [1.82, 2.24) is 5.32 Å². The second kappa shape index (κ2) is 8.55. The Morgan fingerprint density at radius 2 is 2.11 bits per heavy atom. The summed E-state index contributed by atoms with van der Waals surface area (Å²) in [5.41, 5.74) is 1.31. The topological polar surface area (TPSA) is 12.0 Å². The molecular weight excluding hydrogens is 258 g/mol. The molecule has 0 aromatic carbocycles. The summed E-state index contributed by atoms with van der Waals surface area (Å²) in [5, 5.41) is 6.11. The standard InChI is InChI=1S/C15H29NS2/c1-6-9-16-14(8-7-11(2)3)15-10-17-12(4)13(5)18-15/h12-16H,2,6-10H2,1,3-5H3. The van der Waals surface area contributed by atoms with E-state index in [1.165, 1.54) is 24.2 Å². The van der Waals surface area contributed by atoms with Gasteiger partial charge in [-0.05, 0) is 32.7 Å². The van der Waals surface area contributed by atoms with Gasteiger partial charge in [0, 0.05) is 27.5 Å². The zero-order valence-corrected chi connectivity index (χ0v) is 14.0. The van der Waals surface area contributed by atoms with Gasteiger partial charge >= 0.3 is 0 Å². The van der Waals surface area contributed by atoms with Crippen LogP contribution in [0.2, 0.25) is 0 Å². The molecule has 106 valence electrons. The number of hydrogen-bond acceptors (Lipinski definition) is 3. The third-order valence-electron chi connectivity index (χ3n) is 3.56. The van der Waals surface area contributed by atoms with Crippen LogP contribution in [-0.2, 0) is 0 Å². The number of nitrogens with one attached hydrogen (secondary N) is 1. The molecule has 0 amide bonds. The van der Waals surface area contributed by atoms with Crippen LogP contribution in [0, 0.1) is 0 Å². The predicted molar refractivity (Wildman–Crippen MR) is 88.9 cm³/mol. The van der Waals surface area contributed by atoms with Crippen LogP contribution in [0.3, 0.4) is 0 Å². The van der Waals surface area contributed by atoms with E-state index >= 15 is 0 Å². The van der Waals surface area contributed by atoms with Gasteiger partial charge in [-0.1, -0.05) is 26.3 Å². The van der Waals surface area contributed by atoms with Gasteiger partial charge in [-0.2, -0.15) is 23.5 Å². The summed E-state index contributed by atoms with van der Waals surface area (Å²) in [6, 6.07) is 0.661. The molecule has 1 aliphatic rings. The molecular formula is C15H29NS2. The van der Waals surface area contributed by atoms with Crippen LogP contribution in [-0.4, -0.2) is 34.1 Å². The van der Waals surface area contributed by atoms with E-state index in [0.29, 0.717) is 6.04 Å². The Balaban J connectivity index is 2.49. The molecule has 18 heavy (non-hydrogen) atoms.